The topological polar surface area (TPSA) is 35.5 Å². The highest BCUT2D eigenvalue weighted by Crippen LogP contribution is 2.34. The molecule has 0 aliphatic heterocycles. The Morgan fingerprint density at radius 3 is 2.67 bits per heavy atom. The van der Waals surface area contributed by atoms with Gasteiger partial charge >= 0.3 is 5.97 Å². The largest absolute Gasteiger partial charge is 0.491 e. The van der Waals surface area contributed by atoms with Gasteiger partial charge in [0.2, 0.25) is 0 Å². The summed E-state index contributed by atoms with van der Waals surface area (Å²) in [5.41, 5.74) is 0.387. The fourth-order valence-corrected chi connectivity index (χ4v) is 2.04. The SMILES string of the molecule is CCOc1c(Cl)cc(C(=O)OC)cc1Br. The van der Waals surface area contributed by atoms with Gasteiger partial charge in [-0.15, -0.1) is 0 Å². The molecule has 1 rings (SSSR count). The summed E-state index contributed by atoms with van der Waals surface area (Å²) in [7, 11) is 1.32. The van der Waals surface area contributed by atoms with Gasteiger partial charge in [0.05, 0.1) is 28.8 Å². The van der Waals surface area contributed by atoms with Crippen LogP contribution in [0.4, 0.5) is 0 Å². The van der Waals surface area contributed by atoms with E-state index in [0.29, 0.717) is 27.4 Å². The van der Waals surface area contributed by atoms with E-state index in [0.717, 1.165) is 0 Å². The third-order valence-electron chi connectivity index (χ3n) is 1.71. The highest BCUT2D eigenvalue weighted by atomic mass is 79.9. The second-order valence-corrected chi connectivity index (χ2v) is 3.96. The summed E-state index contributed by atoms with van der Waals surface area (Å²) in [6.07, 6.45) is 0. The molecule has 0 amide bonds. The van der Waals surface area contributed by atoms with Crippen LogP contribution in [0.25, 0.3) is 0 Å². The lowest BCUT2D eigenvalue weighted by atomic mass is 10.2. The van der Waals surface area contributed by atoms with Crippen LogP contribution in [0.1, 0.15) is 17.3 Å². The van der Waals surface area contributed by atoms with E-state index in [1.54, 1.807) is 6.07 Å². The molecule has 0 aromatic heterocycles. The Hall–Kier alpha value is -0.740. The van der Waals surface area contributed by atoms with Crippen LogP contribution in [-0.4, -0.2) is 19.7 Å². The van der Waals surface area contributed by atoms with Crippen LogP contribution < -0.4 is 4.74 Å². The Morgan fingerprint density at radius 2 is 2.20 bits per heavy atom. The van der Waals surface area contributed by atoms with E-state index in [1.165, 1.54) is 13.2 Å². The van der Waals surface area contributed by atoms with Gasteiger partial charge in [0.15, 0.2) is 5.75 Å². The van der Waals surface area contributed by atoms with Gasteiger partial charge in [-0.25, -0.2) is 4.79 Å². The number of esters is 1. The molecule has 1 aromatic rings. The van der Waals surface area contributed by atoms with Gasteiger partial charge in [-0.1, -0.05) is 11.6 Å². The summed E-state index contributed by atoms with van der Waals surface area (Å²) in [4.78, 5) is 11.2. The molecule has 0 aliphatic rings. The molecule has 0 N–H and O–H groups in total. The standard InChI is InChI=1S/C10H10BrClO3/c1-3-15-9-7(11)4-6(5-8(9)12)10(13)14-2/h4-5H,3H2,1-2H3. The van der Waals surface area contributed by atoms with Gasteiger partial charge in [-0.05, 0) is 35.0 Å². The number of benzene rings is 1. The van der Waals surface area contributed by atoms with Crippen molar-refractivity contribution in [1.29, 1.82) is 0 Å². The molecule has 1 aromatic carbocycles. The number of halogens is 2. The van der Waals surface area contributed by atoms with Crippen LogP contribution in [0.5, 0.6) is 5.75 Å². The Kier molecular flexibility index (Phi) is 4.42. The maximum Gasteiger partial charge on any atom is 0.337 e. The normalized spacial score (nSPS) is 9.87. The summed E-state index contributed by atoms with van der Waals surface area (Å²) in [6.45, 7) is 2.37. The number of rotatable bonds is 3. The summed E-state index contributed by atoms with van der Waals surface area (Å²) in [6, 6.07) is 3.13. The monoisotopic (exact) mass is 292 g/mol. The van der Waals surface area contributed by atoms with Crippen LogP contribution in [0.15, 0.2) is 16.6 Å². The number of hydrogen-bond acceptors (Lipinski definition) is 3. The third-order valence-corrected chi connectivity index (χ3v) is 2.58. The number of ether oxygens (including phenoxy) is 2. The molecule has 0 heterocycles. The van der Waals surface area contributed by atoms with Crippen molar-refractivity contribution in [3.8, 4) is 5.75 Å². The molecule has 5 heteroatoms. The minimum absolute atomic E-state index is 0.381. The Bertz CT molecular complexity index is 356. The van der Waals surface area contributed by atoms with Gasteiger partial charge in [0.1, 0.15) is 0 Å². The molecule has 0 atom stereocenters. The molecule has 0 saturated heterocycles. The lowest BCUT2D eigenvalue weighted by Crippen LogP contribution is -2.02. The van der Waals surface area contributed by atoms with E-state index in [9.17, 15) is 4.79 Å². The van der Waals surface area contributed by atoms with E-state index < -0.39 is 5.97 Å². The molecular formula is C10H10BrClO3. The minimum Gasteiger partial charge on any atom is -0.491 e. The molecule has 0 bridgehead atoms. The van der Waals surface area contributed by atoms with Crippen LogP contribution in [-0.2, 0) is 4.74 Å². The van der Waals surface area contributed by atoms with E-state index in [4.69, 9.17) is 16.3 Å². The van der Waals surface area contributed by atoms with Crippen molar-refractivity contribution in [3.05, 3.63) is 27.2 Å². The predicted molar refractivity (Wildman–Crippen MR) is 61.7 cm³/mol. The summed E-state index contributed by atoms with van der Waals surface area (Å²) >= 11 is 9.23. The van der Waals surface area contributed by atoms with Crippen LogP contribution in [0.3, 0.4) is 0 Å². The Labute approximate surface area is 101 Å². The van der Waals surface area contributed by atoms with Crippen LogP contribution in [0, 0.1) is 0 Å². The number of methoxy groups -OCH3 is 1. The third kappa shape index (κ3) is 2.86. The van der Waals surface area contributed by atoms with Crippen molar-refractivity contribution in [2.75, 3.05) is 13.7 Å². The van der Waals surface area contributed by atoms with Crippen molar-refractivity contribution in [1.82, 2.24) is 0 Å². The minimum atomic E-state index is -0.430. The zero-order valence-electron chi connectivity index (χ0n) is 8.34. The molecule has 82 valence electrons. The molecule has 0 aliphatic carbocycles. The second-order valence-electron chi connectivity index (χ2n) is 2.69. The molecular weight excluding hydrogens is 283 g/mol. The number of hydrogen-bond donors (Lipinski definition) is 0. The molecule has 0 fully saturated rings. The lowest BCUT2D eigenvalue weighted by molar-refractivity contribution is 0.0600. The van der Waals surface area contributed by atoms with Crippen LogP contribution in [0.2, 0.25) is 5.02 Å². The van der Waals surface area contributed by atoms with Crippen molar-refractivity contribution in [2.45, 2.75) is 6.92 Å². The lowest BCUT2D eigenvalue weighted by Gasteiger charge is -2.09. The molecule has 0 unspecified atom stereocenters. The van der Waals surface area contributed by atoms with Crippen molar-refractivity contribution in [2.24, 2.45) is 0 Å². The first-order valence-corrected chi connectivity index (χ1v) is 5.47. The fourth-order valence-electron chi connectivity index (χ4n) is 1.08. The van der Waals surface area contributed by atoms with Gasteiger partial charge in [-0.3, -0.25) is 0 Å². The highest BCUT2D eigenvalue weighted by Gasteiger charge is 2.13. The van der Waals surface area contributed by atoms with Crippen LogP contribution >= 0.6 is 27.5 Å². The van der Waals surface area contributed by atoms with Gasteiger partial charge in [0, 0.05) is 0 Å². The molecule has 15 heavy (non-hydrogen) atoms. The fraction of sp³-hybridized carbons (Fsp3) is 0.300. The quantitative estimate of drug-likeness (QED) is 0.802. The number of carbonyl (C=O) groups excluding carboxylic acids is 1. The van der Waals surface area contributed by atoms with E-state index in [-0.39, 0.29) is 0 Å². The molecule has 0 radical (unpaired) electrons. The van der Waals surface area contributed by atoms with Gasteiger partial charge in [0.25, 0.3) is 0 Å². The average Bonchev–Trinajstić information content (AvgIpc) is 2.22. The molecule has 0 spiro atoms. The van der Waals surface area contributed by atoms with Gasteiger partial charge in [-0.2, -0.15) is 0 Å². The smallest absolute Gasteiger partial charge is 0.337 e. The summed E-state index contributed by atoms with van der Waals surface area (Å²) in [5.74, 6) is 0.104. The van der Waals surface area contributed by atoms with E-state index in [2.05, 4.69) is 20.7 Å². The Morgan fingerprint density at radius 1 is 1.53 bits per heavy atom. The Balaban J connectivity index is 3.13. The first-order valence-electron chi connectivity index (χ1n) is 4.30. The van der Waals surface area contributed by atoms with E-state index >= 15 is 0 Å². The van der Waals surface area contributed by atoms with Crippen molar-refractivity contribution < 1.29 is 14.3 Å². The molecule has 0 saturated carbocycles. The molecule has 3 nitrogen and oxygen atoms in total. The summed E-state index contributed by atoms with van der Waals surface area (Å²) < 4.78 is 10.5. The van der Waals surface area contributed by atoms with Crippen molar-refractivity contribution >= 4 is 33.5 Å². The van der Waals surface area contributed by atoms with E-state index in [1.807, 2.05) is 6.92 Å². The summed E-state index contributed by atoms with van der Waals surface area (Å²) in [5, 5.41) is 0.381. The zero-order chi connectivity index (χ0) is 11.4. The zero-order valence-corrected chi connectivity index (χ0v) is 10.7. The maximum absolute atomic E-state index is 11.2. The highest BCUT2D eigenvalue weighted by molar-refractivity contribution is 9.10. The van der Waals surface area contributed by atoms with Crippen molar-refractivity contribution in [3.63, 3.8) is 0 Å². The first-order chi connectivity index (χ1) is 7.10. The van der Waals surface area contributed by atoms with Gasteiger partial charge < -0.3 is 9.47 Å². The average molecular weight is 294 g/mol. The predicted octanol–water partition coefficient (Wildman–Crippen LogP) is 3.29. The number of carbonyl (C=O) groups is 1. The maximum atomic E-state index is 11.2. The second kappa shape index (κ2) is 5.37. The first kappa shape index (κ1) is 12.3.